The van der Waals surface area contributed by atoms with Crippen LogP contribution in [0.15, 0.2) is 35.5 Å². The van der Waals surface area contributed by atoms with Crippen LogP contribution in [-0.2, 0) is 4.79 Å². The zero-order chi connectivity index (χ0) is 20.5. The highest BCUT2D eigenvalue weighted by molar-refractivity contribution is 8.00. The van der Waals surface area contributed by atoms with Gasteiger partial charge in [-0.05, 0) is 57.0 Å². The monoisotopic (exact) mass is 413 g/mol. The summed E-state index contributed by atoms with van der Waals surface area (Å²) in [5, 5.41) is 4.46. The first-order chi connectivity index (χ1) is 13.9. The van der Waals surface area contributed by atoms with Gasteiger partial charge in [-0.15, -0.1) is 5.10 Å². The molecule has 1 saturated heterocycles. The van der Waals surface area contributed by atoms with Gasteiger partial charge in [0.15, 0.2) is 0 Å². The molecule has 4 rings (SSSR count). The van der Waals surface area contributed by atoms with E-state index in [0.29, 0.717) is 29.5 Å². The quantitative estimate of drug-likeness (QED) is 0.614. The van der Waals surface area contributed by atoms with E-state index in [9.17, 15) is 14.0 Å². The first-order valence-electron chi connectivity index (χ1n) is 9.41. The summed E-state index contributed by atoms with van der Waals surface area (Å²) in [6.45, 7) is 4.16. The predicted octanol–water partition coefficient (Wildman–Crippen LogP) is 3.19. The number of hydrogen-bond donors (Lipinski definition) is 0. The number of thioether (sulfide) groups is 1. The molecule has 1 aliphatic rings. The van der Waals surface area contributed by atoms with Gasteiger partial charge in [0.1, 0.15) is 5.82 Å². The van der Waals surface area contributed by atoms with Crippen LogP contribution in [0.25, 0.3) is 5.78 Å². The second-order valence-corrected chi connectivity index (χ2v) is 8.22. The Morgan fingerprint density at radius 2 is 1.93 bits per heavy atom. The van der Waals surface area contributed by atoms with Crippen LogP contribution in [0, 0.1) is 19.7 Å². The number of aromatic nitrogens is 4. The summed E-state index contributed by atoms with van der Waals surface area (Å²) >= 11 is 1.26. The summed E-state index contributed by atoms with van der Waals surface area (Å²) in [5.74, 6) is -0.598. The molecule has 9 heteroatoms. The first kappa shape index (κ1) is 19.5. The lowest BCUT2D eigenvalue weighted by atomic mass is 10.2. The molecule has 0 saturated carbocycles. The van der Waals surface area contributed by atoms with E-state index in [1.807, 2.05) is 19.9 Å². The second kappa shape index (κ2) is 7.90. The highest BCUT2D eigenvalue weighted by Gasteiger charge is 2.33. The van der Waals surface area contributed by atoms with Crippen LogP contribution in [0.1, 0.15) is 41.0 Å². The van der Waals surface area contributed by atoms with Crippen molar-refractivity contribution in [3.05, 3.63) is 53.1 Å². The fourth-order valence-electron chi connectivity index (χ4n) is 3.39. The van der Waals surface area contributed by atoms with Crippen molar-refractivity contribution in [1.29, 1.82) is 0 Å². The van der Waals surface area contributed by atoms with E-state index in [0.717, 1.165) is 24.2 Å². The van der Waals surface area contributed by atoms with Crippen molar-refractivity contribution in [3.63, 3.8) is 0 Å². The summed E-state index contributed by atoms with van der Waals surface area (Å²) < 4.78 is 14.8. The number of nitrogens with zero attached hydrogens (tertiary/aromatic N) is 5. The molecule has 0 radical (unpaired) electrons. The third-order valence-corrected chi connectivity index (χ3v) is 5.93. The van der Waals surface area contributed by atoms with E-state index in [2.05, 4.69) is 15.1 Å². The number of aryl methyl sites for hydroxylation is 2. The Hall–Kier alpha value is -2.81. The Balaban J connectivity index is 1.57. The molecule has 1 atom stereocenters. The molecule has 0 N–H and O–H groups in total. The lowest BCUT2D eigenvalue weighted by molar-refractivity contribution is -0.127. The minimum atomic E-state index is -0.458. The molecule has 1 aliphatic heterocycles. The molecular formula is C20H20FN5O2S. The Morgan fingerprint density at radius 1 is 1.17 bits per heavy atom. The maximum absolute atomic E-state index is 13.2. The van der Waals surface area contributed by atoms with Crippen LogP contribution in [-0.4, -0.2) is 48.1 Å². The van der Waals surface area contributed by atoms with Crippen LogP contribution < -0.4 is 0 Å². The molecule has 0 spiro atoms. The van der Waals surface area contributed by atoms with Gasteiger partial charge in [-0.1, -0.05) is 18.2 Å². The molecule has 1 fully saturated rings. The topological polar surface area (TPSA) is 80.5 Å². The lowest BCUT2D eigenvalue weighted by Crippen LogP contribution is -2.41. The lowest BCUT2D eigenvalue weighted by Gasteiger charge is -2.21. The van der Waals surface area contributed by atoms with Gasteiger partial charge in [0.05, 0.1) is 5.25 Å². The number of fused-ring (bicyclic) bond motifs is 1. The van der Waals surface area contributed by atoms with Crippen molar-refractivity contribution < 1.29 is 14.0 Å². The molecular weight excluding hydrogens is 393 g/mol. The number of carbonyl (C=O) groups excluding carboxylic acids is 2. The minimum Gasteiger partial charge on any atom is -0.278 e. The summed E-state index contributed by atoms with van der Waals surface area (Å²) in [6.07, 6.45) is 2.19. The van der Waals surface area contributed by atoms with Gasteiger partial charge in [-0.3, -0.25) is 14.5 Å². The largest absolute Gasteiger partial charge is 0.278 e. The molecule has 0 unspecified atom stereocenters. The van der Waals surface area contributed by atoms with Crippen molar-refractivity contribution in [3.8, 4) is 0 Å². The molecule has 0 bridgehead atoms. The number of halogens is 1. The standard InChI is InChI=1S/C20H20FN5O2S/c1-12-11-13(2)26-19(22-12)23-20(24-26)29-16-5-3-4-10-25(18(16)28)17(27)14-6-8-15(21)9-7-14/h6-9,11,16H,3-5,10H2,1-2H3/t16-/m1/s1. The van der Waals surface area contributed by atoms with Gasteiger partial charge in [0.25, 0.3) is 11.7 Å². The van der Waals surface area contributed by atoms with Crippen molar-refractivity contribution >= 4 is 29.4 Å². The van der Waals surface area contributed by atoms with E-state index in [1.165, 1.54) is 40.9 Å². The average Bonchev–Trinajstić information content (AvgIpc) is 3.00. The van der Waals surface area contributed by atoms with E-state index in [4.69, 9.17) is 0 Å². The van der Waals surface area contributed by atoms with Crippen molar-refractivity contribution in [2.75, 3.05) is 6.54 Å². The smallest absolute Gasteiger partial charge is 0.260 e. The SMILES string of the molecule is Cc1cc(C)n2nc(S[C@@H]3CCCCN(C(=O)c4ccc(F)cc4)C3=O)nc2n1. The van der Waals surface area contributed by atoms with Gasteiger partial charge < -0.3 is 0 Å². The maximum atomic E-state index is 13.2. The molecule has 1 aromatic carbocycles. The second-order valence-electron chi connectivity index (χ2n) is 7.05. The summed E-state index contributed by atoms with van der Waals surface area (Å²) in [5.41, 5.74) is 2.05. The molecule has 2 aromatic heterocycles. The Bertz CT molecular complexity index is 1080. The number of imide groups is 1. The van der Waals surface area contributed by atoms with Crippen molar-refractivity contribution in [1.82, 2.24) is 24.5 Å². The summed E-state index contributed by atoms with van der Waals surface area (Å²) in [6, 6.07) is 7.16. The normalized spacial score (nSPS) is 17.6. The van der Waals surface area contributed by atoms with Crippen molar-refractivity contribution in [2.24, 2.45) is 0 Å². The Kier molecular flexibility index (Phi) is 5.31. The van der Waals surface area contributed by atoms with Gasteiger partial charge in [0.2, 0.25) is 11.1 Å². The van der Waals surface area contributed by atoms with Crippen LogP contribution >= 0.6 is 11.8 Å². The van der Waals surface area contributed by atoms with E-state index in [1.54, 1.807) is 4.52 Å². The Labute approximate surface area is 171 Å². The number of amides is 2. The molecule has 7 nitrogen and oxygen atoms in total. The predicted molar refractivity (Wildman–Crippen MR) is 106 cm³/mol. The van der Waals surface area contributed by atoms with Gasteiger partial charge in [0, 0.05) is 23.5 Å². The Morgan fingerprint density at radius 3 is 2.69 bits per heavy atom. The molecule has 3 aromatic rings. The maximum Gasteiger partial charge on any atom is 0.260 e. The molecule has 2 amide bonds. The molecule has 0 aliphatic carbocycles. The van der Waals surface area contributed by atoms with Gasteiger partial charge >= 0.3 is 0 Å². The fraction of sp³-hybridized carbons (Fsp3) is 0.350. The summed E-state index contributed by atoms with van der Waals surface area (Å²) in [4.78, 5) is 36.0. The number of hydrogen-bond acceptors (Lipinski definition) is 6. The van der Waals surface area contributed by atoms with Crippen LogP contribution in [0.2, 0.25) is 0 Å². The first-order valence-corrected chi connectivity index (χ1v) is 10.3. The summed E-state index contributed by atoms with van der Waals surface area (Å²) in [7, 11) is 0. The van der Waals surface area contributed by atoms with E-state index in [-0.39, 0.29) is 5.91 Å². The third-order valence-electron chi connectivity index (χ3n) is 4.82. The van der Waals surface area contributed by atoms with Gasteiger partial charge in [-0.25, -0.2) is 13.9 Å². The minimum absolute atomic E-state index is 0.262. The highest BCUT2D eigenvalue weighted by Crippen LogP contribution is 2.29. The average molecular weight is 413 g/mol. The zero-order valence-electron chi connectivity index (χ0n) is 16.1. The highest BCUT2D eigenvalue weighted by atomic mass is 32.2. The van der Waals surface area contributed by atoms with Crippen LogP contribution in [0.4, 0.5) is 4.39 Å². The number of benzene rings is 1. The van der Waals surface area contributed by atoms with E-state index < -0.39 is 17.0 Å². The third kappa shape index (κ3) is 4.00. The molecule has 3 heterocycles. The van der Waals surface area contributed by atoms with Crippen LogP contribution in [0.3, 0.4) is 0 Å². The van der Waals surface area contributed by atoms with Crippen molar-refractivity contribution in [2.45, 2.75) is 43.5 Å². The number of carbonyl (C=O) groups is 2. The fourth-order valence-corrected chi connectivity index (χ4v) is 4.42. The number of likely N-dealkylation sites (tertiary alicyclic amines) is 1. The van der Waals surface area contributed by atoms with Gasteiger partial charge in [-0.2, -0.15) is 4.98 Å². The number of rotatable bonds is 3. The van der Waals surface area contributed by atoms with E-state index >= 15 is 0 Å². The van der Waals surface area contributed by atoms with Crippen LogP contribution in [0.5, 0.6) is 0 Å². The molecule has 29 heavy (non-hydrogen) atoms. The zero-order valence-corrected chi connectivity index (χ0v) is 16.9. The molecule has 150 valence electrons.